The van der Waals surface area contributed by atoms with E-state index in [-0.39, 0.29) is 0 Å². The van der Waals surface area contributed by atoms with Gasteiger partial charge in [-0.15, -0.1) is 6.42 Å². The van der Waals surface area contributed by atoms with Crippen LogP contribution in [0.25, 0.3) is 0 Å². The van der Waals surface area contributed by atoms with Crippen LogP contribution in [0, 0.1) is 12.3 Å². The first-order valence-corrected chi connectivity index (χ1v) is 6.66. The van der Waals surface area contributed by atoms with Crippen molar-refractivity contribution in [1.82, 2.24) is 4.90 Å². The molecule has 1 aliphatic heterocycles. The van der Waals surface area contributed by atoms with Gasteiger partial charge in [0.15, 0.2) is 0 Å². The van der Waals surface area contributed by atoms with E-state index in [2.05, 4.69) is 23.0 Å². The molecule has 0 radical (unpaired) electrons. The molecule has 0 bridgehead atoms. The minimum absolute atomic E-state index is 0.970. The van der Waals surface area contributed by atoms with E-state index in [1.54, 1.807) is 0 Å². The molecular weight excluding hydrogens is 206 g/mol. The number of hydrogen-bond acceptors (Lipinski definition) is 1. The van der Waals surface area contributed by atoms with Crippen LogP contribution in [0.15, 0.2) is 24.3 Å². The molecule has 17 heavy (non-hydrogen) atoms. The lowest BCUT2D eigenvalue weighted by Gasteiger charge is -2.26. The molecule has 1 aromatic rings. The van der Waals surface area contributed by atoms with Crippen LogP contribution < -0.4 is 0 Å². The molecule has 2 rings (SSSR count). The summed E-state index contributed by atoms with van der Waals surface area (Å²) in [5.74, 6) is 2.64. The highest BCUT2D eigenvalue weighted by molar-refractivity contribution is 5.34. The zero-order chi connectivity index (χ0) is 12.5. The van der Waals surface area contributed by atoms with Gasteiger partial charge in [0.1, 0.15) is 0 Å². The predicted molar refractivity (Wildman–Crippen MR) is 74.9 cm³/mol. The summed E-state index contributed by atoms with van der Waals surface area (Å²) < 4.78 is 0. The molecule has 1 aliphatic rings. The maximum atomic E-state index is 5.32. The topological polar surface area (TPSA) is 3.24 Å². The summed E-state index contributed by atoms with van der Waals surface area (Å²) >= 11 is 0. The van der Waals surface area contributed by atoms with Crippen LogP contribution in [0.5, 0.6) is 0 Å². The second-order valence-electron chi connectivity index (χ2n) is 4.18. The Morgan fingerprint density at radius 3 is 2.18 bits per heavy atom. The molecule has 92 valence electrons. The molecular formula is C16H23N. The Hall–Kier alpha value is -1.26. The summed E-state index contributed by atoms with van der Waals surface area (Å²) in [4.78, 5) is 2.52. The number of likely N-dealkylation sites (tertiary alicyclic amines) is 1. The van der Waals surface area contributed by atoms with E-state index in [0.717, 1.165) is 12.1 Å². The minimum atomic E-state index is 0.970. The van der Waals surface area contributed by atoms with E-state index in [9.17, 15) is 0 Å². The Bertz CT molecular complexity index is 339. The van der Waals surface area contributed by atoms with Crippen molar-refractivity contribution in [3.8, 4) is 12.3 Å². The van der Waals surface area contributed by atoms with E-state index in [0.29, 0.717) is 0 Å². The molecule has 1 heterocycles. The van der Waals surface area contributed by atoms with Gasteiger partial charge in [0.25, 0.3) is 0 Å². The van der Waals surface area contributed by atoms with Crippen molar-refractivity contribution in [2.45, 2.75) is 39.7 Å². The first kappa shape index (κ1) is 13.8. The molecule has 0 unspecified atom stereocenters. The molecule has 1 fully saturated rings. The van der Waals surface area contributed by atoms with Crippen LogP contribution in [-0.4, -0.2) is 18.0 Å². The van der Waals surface area contributed by atoms with Gasteiger partial charge in [-0.1, -0.05) is 38.3 Å². The predicted octanol–water partition coefficient (Wildman–Crippen LogP) is 3.68. The van der Waals surface area contributed by atoms with Crippen LogP contribution in [0.4, 0.5) is 0 Å². The van der Waals surface area contributed by atoms with E-state index in [1.165, 1.54) is 37.9 Å². The lowest BCUT2D eigenvalue weighted by Crippen LogP contribution is -2.29. The van der Waals surface area contributed by atoms with Crippen molar-refractivity contribution in [1.29, 1.82) is 0 Å². The van der Waals surface area contributed by atoms with Crippen LogP contribution in [0.1, 0.15) is 44.2 Å². The number of rotatable bonds is 2. The van der Waals surface area contributed by atoms with Gasteiger partial charge in [-0.25, -0.2) is 0 Å². The lowest BCUT2D eigenvalue weighted by molar-refractivity contribution is 0.221. The third-order valence-electron chi connectivity index (χ3n) is 2.98. The highest BCUT2D eigenvalue weighted by atomic mass is 15.1. The fourth-order valence-electron chi connectivity index (χ4n) is 2.08. The average Bonchev–Trinajstić information content (AvgIpc) is 2.43. The average molecular weight is 229 g/mol. The van der Waals surface area contributed by atoms with Gasteiger partial charge in [0.05, 0.1) is 0 Å². The van der Waals surface area contributed by atoms with E-state index >= 15 is 0 Å². The van der Waals surface area contributed by atoms with Crippen molar-refractivity contribution in [2.24, 2.45) is 0 Å². The fourth-order valence-corrected chi connectivity index (χ4v) is 2.08. The van der Waals surface area contributed by atoms with E-state index in [1.807, 2.05) is 26.0 Å². The monoisotopic (exact) mass is 229 g/mol. The minimum Gasteiger partial charge on any atom is -0.299 e. The second kappa shape index (κ2) is 7.92. The normalized spacial score (nSPS) is 15.6. The first-order chi connectivity index (χ1) is 8.38. The van der Waals surface area contributed by atoms with Crippen molar-refractivity contribution in [3.05, 3.63) is 35.4 Å². The van der Waals surface area contributed by atoms with E-state index in [4.69, 9.17) is 6.42 Å². The number of piperidine rings is 1. The molecule has 0 N–H and O–H groups in total. The Labute approximate surface area is 106 Å². The molecule has 1 nitrogen and oxygen atoms in total. The summed E-state index contributed by atoms with van der Waals surface area (Å²) in [6.07, 6.45) is 9.42. The largest absolute Gasteiger partial charge is 0.299 e. The number of nitrogens with zero attached hydrogens (tertiary/aromatic N) is 1. The molecule has 0 atom stereocenters. The standard InChI is InChI=1S/C14H17N.C2H6/c1-2-13-6-8-14(9-7-13)12-15-10-4-3-5-11-15;1-2/h1,6-9H,3-5,10-12H2;1-2H3. The van der Waals surface area contributed by atoms with Crippen LogP contribution in [0.2, 0.25) is 0 Å². The molecule has 0 aromatic heterocycles. The van der Waals surface area contributed by atoms with E-state index < -0.39 is 0 Å². The van der Waals surface area contributed by atoms with Crippen LogP contribution >= 0.6 is 0 Å². The molecule has 1 saturated heterocycles. The summed E-state index contributed by atoms with van der Waals surface area (Å²) in [6.45, 7) is 7.57. The lowest BCUT2D eigenvalue weighted by atomic mass is 10.1. The summed E-state index contributed by atoms with van der Waals surface area (Å²) in [5, 5.41) is 0. The zero-order valence-electron chi connectivity index (χ0n) is 11.1. The van der Waals surface area contributed by atoms with Gasteiger partial charge >= 0.3 is 0 Å². The van der Waals surface area contributed by atoms with Gasteiger partial charge < -0.3 is 0 Å². The summed E-state index contributed by atoms with van der Waals surface area (Å²) in [7, 11) is 0. The third kappa shape index (κ3) is 4.63. The highest BCUT2D eigenvalue weighted by Crippen LogP contribution is 2.13. The van der Waals surface area contributed by atoms with Gasteiger partial charge in [0, 0.05) is 12.1 Å². The van der Waals surface area contributed by atoms with Crippen LogP contribution in [-0.2, 0) is 6.54 Å². The Morgan fingerprint density at radius 2 is 1.65 bits per heavy atom. The second-order valence-corrected chi connectivity index (χ2v) is 4.18. The maximum absolute atomic E-state index is 5.32. The van der Waals surface area contributed by atoms with Gasteiger partial charge in [0.2, 0.25) is 0 Å². The molecule has 1 aromatic carbocycles. The molecule has 0 saturated carbocycles. The molecule has 0 aliphatic carbocycles. The smallest absolute Gasteiger partial charge is 0.0242 e. The fraction of sp³-hybridized carbons (Fsp3) is 0.500. The Kier molecular flexibility index (Phi) is 6.43. The Morgan fingerprint density at radius 1 is 1.06 bits per heavy atom. The van der Waals surface area contributed by atoms with Crippen molar-refractivity contribution >= 4 is 0 Å². The zero-order valence-corrected chi connectivity index (χ0v) is 11.1. The third-order valence-corrected chi connectivity index (χ3v) is 2.98. The molecule has 0 spiro atoms. The highest BCUT2D eigenvalue weighted by Gasteiger charge is 2.09. The van der Waals surface area contributed by atoms with Gasteiger partial charge in [-0.3, -0.25) is 4.90 Å². The van der Waals surface area contributed by atoms with Crippen molar-refractivity contribution in [2.75, 3.05) is 13.1 Å². The van der Waals surface area contributed by atoms with Gasteiger partial charge in [-0.05, 0) is 43.6 Å². The van der Waals surface area contributed by atoms with Crippen molar-refractivity contribution < 1.29 is 0 Å². The summed E-state index contributed by atoms with van der Waals surface area (Å²) in [5.41, 5.74) is 2.34. The molecule has 0 amide bonds. The number of benzene rings is 1. The first-order valence-electron chi connectivity index (χ1n) is 6.66. The summed E-state index contributed by atoms with van der Waals surface area (Å²) in [6, 6.07) is 8.34. The van der Waals surface area contributed by atoms with Gasteiger partial charge in [-0.2, -0.15) is 0 Å². The SMILES string of the molecule is C#Cc1ccc(CN2CCCCC2)cc1.CC. The molecule has 1 heteroatoms. The van der Waals surface area contributed by atoms with Crippen LogP contribution in [0.3, 0.4) is 0 Å². The quantitative estimate of drug-likeness (QED) is 0.699. The number of hydrogen-bond donors (Lipinski definition) is 0. The maximum Gasteiger partial charge on any atom is 0.0242 e. The number of terminal acetylenes is 1. The Balaban J connectivity index is 0.000000686. The van der Waals surface area contributed by atoms with Crippen molar-refractivity contribution in [3.63, 3.8) is 0 Å².